The Labute approximate surface area is 389 Å². The summed E-state index contributed by atoms with van der Waals surface area (Å²) in [7, 11) is -4.29. The second-order valence-electron chi connectivity index (χ2n) is 13.9. The highest BCUT2D eigenvalue weighted by Crippen LogP contribution is 2.39. The average Bonchev–Trinajstić information content (AvgIpc) is 3.31. The lowest BCUT2D eigenvalue weighted by Crippen LogP contribution is -2.07. The molecule has 24 heteroatoms. The lowest BCUT2D eigenvalue weighted by molar-refractivity contribution is -0.138. The molecule has 0 spiro atoms. The molecular formula is C44H33BClF6N6O8S2. The average molecular weight is 998 g/mol. The van der Waals surface area contributed by atoms with Crippen molar-refractivity contribution in [2.24, 2.45) is 0 Å². The second-order valence-corrected chi connectivity index (χ2v) is 18.3. The molecule has 8 rings (SSSR count). The summed E-state index contributed by atoms with van der Waals surface area (Å²) in [6.45, 7) is 0. The van der Waals surface area contributed by atoms with Crippen LogP contribution in [0.2, 0.25) is 5.15 Å². The summed E-state index contributed by atoms with van der Waals surface area (Å²) >= 11 is 5.98. The first kappa shape index (κ1) is 50.5. The van der Waals surface area contributed by atoms with E-state index in [9.17, 15) is 43.2 Å². The number of aromatic nitrogens is 6. The number of halogens is 7. The van der Waals surface area contributed by atoms with E-state index in [1.54, 1.807) is 42.6 Å². The lowest BCUT2D eigenvalue weighted by Gasteiger charge is -2.14. The highest BCUT2D eigenvalue weighted by molar-refractivity contribution is 7.91. The van der Waals surface area contributed by atoms with Crippen LogP contribution in [0.25, 0.3) is 32.8 Å². The van der Waals surface area contributed by atoms with Crippen molar-refractivity contribution in [3.8, 4) is 28.5 Å². The van der Waals surface area contributed by atoms with Gasteiger partial charge in [0.15, 0.2) is 25.4 Å². The van der Waals surface area contributed by atoms with Gasteiger partial charge in [-0.2, -0.15) is 26.3 Å². The largest absolute Gasteiger partial charge is 0.569 e. The zero-order valence-electron chi connectivity index (χ0n) is 35.1. The predicted molar refractivity (Wildman–Crippen MR) is 238 cm³/mol. The minimum atomic E-state index is -4.51. The third-order valence-corrected chi connectivity index (χ3v) is 13.2. The van der Waals surface area contributed by atoms with Crippen molar-refractivity contribution in [1.29, 1.82) is 0 Å². The van der Waals surface area contributed by atoms with Gasteiger partial charge in [-0.05, 0) is 102 Å². The van der Waals surface area contributed by atoms with E-state index in [2.05, 4.69) is 39.3 Å². The summed E-state index contributed by atoms with van der Waals surface area (Å²) in [5, 5.41) is 11.3. The van der Waals surface area contributed by atoms with Gasteiger partial charge in [0.2, 0.25) is 0 Å². The molecule has 0 saturated carbocycles. The molecular weight excluding hydrogens is 965 g/mol. The molecule has 0 atom stereocenters. The number of alkyl halides is 6. The van der Waals surface area contributed by atoms with E-state index in [1.807, 2.05) is 0 Å². The van der Waals surface area contributed by atoms with Crippen molar-refractivity contribution < 1.29 is 62.3 Å². The quantitative estimate of drug-likeness (QED) is 0.0733. The van der Waals surface area contributed by atoms with Crippen LogP contribution in [-0.2, 0) is 43.5 Å². The topological polar surface area (TPSA) is 194 Å². The van der Waals surface area contributed by atoms with Crippen LogP contribution in [0.4, 0.5) is 26.3 Å². The van der Waals surface area contributed by atoms with Crippen LogP contribution in [0.1, 0.15) is 22.5 Å². The van der Waals surface area contributed by atoms with E-state index in [-0.39, 0.29) is 38.5 Å². The normalized spacial score (nSPS) is 11.7. The first-order chi connectivity index (χ1) is 32.2. The van der Waals surface area contributed by atoms with Gasteiger partial charge < -0.3 is 19.2 Å². The molecule has 0 amide bonds. The number of hydrogen-bond acceptors (Lipinski definition) is 14. The van der Waals surface area contributed by atoms with Crippen LogP contribution in [0, 0.1) is 0 Å². The molecule has 0 saturated heterocycles. The first-order valence-corrected chi connectivity index (χ1v) is 22.9. The molecule has 351 valence electrons. The summed E-state index contributed by atoms with van der Waals surface area (Å²) in [6, 6.07) is 21.7. The Balaban J connectivity index is 0.000000182. The highest BCUT2D eigenvalue weighted by atomic mass is 35.5. The number of fused-ring (bicyclic) bond motifs is 2. The van der Waals surface area contributed by atoms with Crippen LogP contribution in [0.5, 0.6) is 17.2 Å². The van der Waals surface area contributed by atoms with E-state index in [1.165, 1.54) is 75.8 Å². The Bertz CT molecular complexity index is 3280. The first-order valence-electron chi connectivity index (χ1n) is 19.3. The molecule has 0 unspecified atom stereocenters. The van der Waals surface area contributed by atoms with E-state index in [0.717, 1.165) is 41.1 Å². The van der Waals surface area contributed by atoms with Crippen molar-refractivity contribution >= 4 is 60.5 Å². The van der Waals surface area contributed by atoms with Gasteiger partial charge in [-0.15, -0.1) is 0 Å². The maximum absolute atomic E-state index is 13.1. The fraction of sp³-hybridized carbons (Fsp3) is 0.136. The van der Waals surface area contributed by atoms with Gasteiger partial charge >= 0.3 is 20.0 Å². The fourth-order valence-corrected chi connectivity index (χ4v) is 9.15. The van der Waals surface area contributed by atoms with Crippen molar-refractivity contribution in [3.05, 3.63) is 162 Å². The molecule has 8 aromatic rings. The Hall–Kier alpha value is -6.95. The number of benzene rings is 4. The minimum Gasteiger partial charge on any atom is -0.535 e. The van der Waals surface area contributed by atoms with Crippen molar-refractivity contribution in [1.82, 2.24) is 29.9 Å². The van der Waals surface area contributed by atoms with Crippen LogP contribution in [-0.4, -0.2) is 73.7 Å². The van der Waals surface area contributed by atoms with Crippen molar-refractivity contribution in [2.45, 2.75) is 33.6 Å². The zero-order valence-corrected chi connectivity index (χ0v) is 37.5. The lowest BCUT2D eigenvalue weighted by atomic mass is 10.0. The Morgan fingerprint density at radius 1 is 0.574 bits per heavy atom. The summed E-state index contributed by atoms with van der Waals surface area (Å²) in [5.41, 5.74) is -0.112. The third kappa shape index (κ3) is 12.5. The number of rotatable bonds is 11. The summed E-state index contributed by atoms with van der Waals surface area (Å²) in [4.78, 5) is 24.1. The maximum atomic E-state index is 13.1. The van der Waals surface area contributed by atoms with Crippen LogP contribution in [0.15, 0.2) is 144 Å². The predicted octanol–water partition coefficient (Wildman–Crippen LogP) is 8.96. The van der Waals surface area contributed by atoms with Crippen LogP contribution < -0.4 is 14.1 Å². The van der Waals surface area contributed by atoms with Crippen LogP contribution in [0.3, 0.4) is 0 Å². The number of nitrogens with zero attached hydrogens (tertiary/aromatic N) is 6. The van der Waals surface area contributed by atoms with E-state index in [0.29, 0.717) is 46.3 Å². The SMILES string of the molecule is COc1cc(C(F)(F)F)ccc1-c1nccc2cc(S(=O)(=O)Cc3ccncn3)ccc12.COc1cc(C(F)(F)F)ccc1O[B]O.O=S(=O)(Cc1ccncn1)c1ccc2c(Cl)nccc2c1. The standard InChI is InChI=1S/C22H16F3N3O3S.C14H10ClN3O2S.C8H7BF3O3/c1-31-20-11-15(22(23,24)25)2-4-19(20)21-18-5-3-17(10-14(18)6-9-27-21)32(29,30)12-16-7-8-26-13-28-16;15-14-13-2-1-12(7-10(13)3-6-17-14)21(19,20)8-11-4-5-16-9-18-11;1-14-7-4-5(8(10,11)12)2-3-6(7)15-9-13/h2-11,13H,12H2,1H3;1-7,9H,8H2;2-4,13H,1H3. The van der Waals surface area contributed by atoms with Crippen molar-refractivity contribution in [3.63, 3.8) is 0 Å². The van der Waals surface area contributed by atoms with Gasteiger partial charge in [0.25, 0.3) is 0 Å². The van der Waals surface area contributed by atoms with Gasteiger partial charge in [-0.25, -0.2) is 41.8 Å². The third-order valence-electron chi connectivity index (χ3n) is 9.56. The molecule has 4 heterocycles. The molecule has 14 nitrogen and oxygen atoms in total. The molecule has 68 heavy (non-hydrogen) atoms. The van der Waals surface area contributed by atoms with E-state index >= 15 is 0 Å². The summed E-state index contributed by atoms with van der Waals surface area (Å²) < 4.78 is 141. The monoisotopic (exact) mass is 997 g/mol. The van der Waals surface area contributed by atoms with Gasteiger partial charge in [-0.3, -0.25) is 4.98 Å². The molecule has 0 aliphatic rings. The molecule has 0 aliphatic carbocycles. The Morgan fingerprint density at radius 3 is 1.57 bits per heavy atom. The highest BCUT2D eigenvalue weighted by Gasteiger charge is 2.32. The molecule has 1 N–H and O–H groups in total. The molecule has 0 bridgehead atoms. The van der Waals surface area contributed by atoms with E-state index < -0.39 is 43.2 Å². The number of pyridine rings is 2. The Morgan fingerprint density at radius 2 is 1.07 bits per heavy atom. The second kappa shape index (κ2) is 21.3. The Kier molecular flexibility index (Phi) is 15.8. The van der Waals surface area contributed by atoms with Gasteiger partial charge in [-0.1, -0.05) is 17.7 Å². The van der Waals surface area contributed by atoms with Crippen molar-refractivity contribution in [2.75, 3.05) is 14.2 Å². The zero-order chi connectivity index (χ0) is 49.3. The molecule has 4 aromatic heterocycles. The fourth-order valence-electron chi connectivity index (χ4n) is 6.30. The molecule has 4 aromatic carbocycles. The molecule has 0 aliphatic heterocycles. The number of sulfone groups is 2. The number of methoxy groups -OCH3 is 2. The minimum absolute atomic E-state index is 0.00741. The van der Waals surface area contributed by atoms with Gasteiger partial charge in [0.05, 0.1) is 63.7 Å². The number of ether oxygens (including phenoxy) is 2. The molecule has 1 radical (unpaired) electrons. The summed E-state index contributed by atoms with van der Waals surface area (Å²) in [5.74, 6) is -0.533. The molecule has 0 fully saturated rings. The van der Waals surface area contributed by atoms with E-state index in [4.69, 9.17) is 21.4 Å². The number of hydrogen-bond donors (Lipinski definition) is 1. The maximum Gasteiger partial charge on any atom is 0.569 e. The van der Waals surface area contributed by atoms with Gasteiger partial charge in [0.1, 0.15) is 29.3 Å². The van der Waals surface area contributed by atoms with Gasteiger partial charge in [0, 0.05) is 41.1 Å². The summed E-state index contributed by atoms with van der Waals surface area (Å²) in [6.07, 6.45) is -0.338. The smallest absolute Gasteiger partial charge is 0.535 e. The van der Waals surface area contributed by atoms with Crippen LogP contribution >= 0.6 is 11.6 Å².